The van der Waals surface area contributed by atoms with Crippen LogP contribution in [0.5, 0.6) is 0 Å². The molecule has 2 rings (SSSR count). The molecule has 0 saturated carbocycles. The molecular formula is C10H16N2O3. The molecule has 2 atom stereocenters. The first-order valence-electron chi connectivity index (χ1n) is 5.38. The summed E-state index contributed by atoms with van der Waals surface area (Å²) in [4.78, 5) is 4.09. The van der Waals surface area contributed by atoms with Crippen molar-refractivity contribution in [2.24, 2.45) is 0 Å². The fourth-order valence-corrected chi connectivity index (χ4v) is 1.70. The summed E-state index contributed by atoms with van der Waals surface area (Å²) in [6.07, 6.45) is 3.59. The first-order chi connectivity index (χ1) is 7.25. The van der Waals surface area contributed by atoms with Crippen molar-refractivity contribution in [3.63, 3.8) is 0 Å². The topological polar surface area (TPSA) is 68.4 Å². The maximum absolute atomic E-state index is 9.21. The van der Waals surface area contributed by atoms with E-state index in [0.29, 0.717) is 17.8 Å². The highest BCUT2D eigenvalue weighted by molar-refractivity contribution is 4.89. The van der Waals surface area contributed by atoms with Crippen molar-refractivity contribution in [2.75, 3.05) is 6.61 Å². The average molecular weight is 212 g/mol. The second-order valence-electron chi connectivity index (χ2n) is 3.90. The highest BCUT2D eigenvalue weighted by Crippen LogP contribution is 2.17. The zero-order valence-corrected chi connectivity index (χ0v) is 8.85. The third kappa shape index (κ3) is 2.76. The van der Waals surface area contributed by atoms with Gasteiger partial charge in [0.2, 0.25) is 5.89 Å². The van der Waals surface area contributed by atoms with Gasteiger partial charge in [-0.3, -0.25) is 0 Å². The fourth-order valence-electron chi connectivity index (χ4n) is 1.70. The third-order valence-corrected chi connectivity index (χ3v) is 2.56. The van der Waals surface area contributed by atoms with Gasteiger partial charge in [0.05, 0.1) is 6.10 Å². The van der Waals surface area contributed by atoms with Gasteiger partial charge in [-0.1, -0.05) is 5.16 Å². The number of nitrogens with zero attached hydrogens (tertiary/aromatic N) is 2. The van der Waals surface area contributed by atoms with Crippen LogP contribution in [0.4, 0.5) is 0 Å². The molecule has 0 spiro atoms. The summed E-state index contributed by atoms with van der Waals surface area (Å²) < 4.78 is 10.5. The van der Waals surface area contributed by atoms with Crippen molar-refractivity contribution in [3.05, 3.63) is 11.7 Å². The molecule has 0 aromatic carbocycles. The minimum atomic E-state index is -0.662. The number of aryl methyl sites for hydroxylation is 1. The summed E-state index contributed by atoms with van der Waals surface area (Å²) in [5.74, 6) is 0.943. The number of hydrogen-bond acceptors (Lipinski definition) is 5. The molecule has 1 N–H and O–H groups in total. The second-order valence-corrected chi connectivity index (χ2v) is 3.90. The molecule has 15 heavy (non-hydrogen) atoms. The molecule has 0 radical (unpaired) electrons. The zero-order chi connectivity index (χ0) is 10.7. The average Bonchev–Trinajstić information content (AvgIpc) is 2.86. The normalized spacial score (nSPS) is 23.2. The lowest BCUT2D eigenvalue weighted by Gasteiger charge is -2.05. The van der Waals surface area contributed by atoms with E-state index in [-0.39, 0.29) is 0 Å². The van der Waals surface area contributed by atoms with Gasteiger partial charge >= 0.3 is 0 Å². The van der Waals surface area contributed by atoms with Gasteiger partial charge in [-0.25, -0.2) is 0 Å². The van der Waals surface area contributed by atoms with Crippen molar-refractivity contribution in [3.8, 4) is 0 Å². The van der Waals surface area contributed by atoms with E-state index < -0.39 is 6.10 Å². The van der Waals surface area contributed by atoms with E-state index in [1.165, 1.54) is 0 Å². The van der Waals surface area contributed by atoms with Crippen molar-refractivity contribution in [1.29, 1.82) is 0 Å². The Hall–Kier alpha value is -0.940. The van der Waals surface area contributed by atoms with Gasteiger partial charge in [0.15, 0.2) is 5.82 Å². The summed E-state index contributed by atoms with van der Waals surface area (Å²) in [6, 6.07) is 0. The van der Waals surface area contributed by atoms with E-state index in [4.69, 9.17) is 9.26 Å². The molecule has 0 aliphatic carbocycles. The lowest BCUT2D eigenvalue weighted by molar-refractivity contribution is 0.102. The van der Waals surface area contributed by atoms with Gasteiger partial charge in [0.25, 0.3) is 0 Å². The van der Waals surface area contributed by atoms with Crippen LogP contribution in [0, 0.1) is 0 Å². The van der Waals surface area contributed by atoms with Crippen LogP contribution in [0.2, 0.25) is 0 Å². The molecule has 1 aliphatic rings. The molecule has 0 amide bonds. The number of ether oxygens (including phenoxy) is 1. The first kappa shape index (κ1) is 10.6. The van der Waals surface area contributed by atoms with Crippen molar-refractivity contribution in [1.82, 2.24) is 10.1 Å². The number of hydrogen-bond donors (Lipinski definition) is 1. The minimum Gasteiger partial charge on any atom is -0.385 e. The van der Waals surface area contributed by atoms with Crippen LogP contribution < -0.4 is 0 Å². The maximum atomic E-state index is 9.21. The Kier molecular flexibility index (Phi) is 3.33. The van der Waals surface area contributed by atoms with Crippen molar-refractivity contribution in [2.45, 2.75) is 44.8 Å². The number of rotatable bonds is 4. The lowest BCUT2D eigenvalue weighted by atomic mass is 10.1. The Morgan fingerprint density at radius 3 is 3.07 bits per heavy atom. The molecule has 1 aliphatic heterocycles. The molecule has 5 nitrogen and oxygen atoms in total. The van der Waals surface area contributed by atoms with E-state index in [2.05, 4.69) is 10.1 Å². The number of aromatic nitrogens is 2. The van der Waals surface area contributed by atoms with Gasteiger partial charge in [-0.05, 0) is 26.2 Å². The molecule has 84 valence electrons. The first-order valence-corrected chi connectivity index (χ1v) is 5.38. The van der Waals surface area contributed by atoms with Gasteiger partial charge in [0.1, 0.15) is 6.10 Å². The third-order valence-electron chi connectivity index (χ3n) is 2.56. The summed E-state index contributed by atoms with van der Waals surface area (Å²) in [5, 5.41) is 12.9. The Balaban J connectivity index is 1.82. The van der Waals surface area contributed by atoms with Crippen LogP contribution in [0.3, 0.4) is 0 Å². The smallest absolute Gasteiger partial charge is 0.226 e. The van der Waals surface area contributed by atoms with E-state index >= 15 is 0 Å². The second kappa shape index (κ2) is 4.72. The van der Waals surface area contributed by atoms with E-state index in [0.717, 1.165) is 32.3 Å². The fraction of sp³-hybridized carbons (Fsp3) is 0.800. The predicted octanol–water partition coefficient (Wildman–Crippen LogP) is 1.23. The van der Waals surface area contributed by atoms with Gasteiger partial charge in [-0.2, -0.15) is 4.98 Å². The predicted molar refractivity (Wildman–Crippen MR) is 52.2 cm³/mol. The Bertz CT molecular complexity index is 305. The van der Waals surface area contributed by atoms with Gasteiger partial charge in [0, 0.05) is 13.0 Å². The van der Waals surface area contributed by atoms with Crippen LogP contribution in [-0.4, -0.2) is 28.0 Å². The largest absolute Gasteiger partial charge is 0.385 e. The summed E-state index contributed by atoms with van der Waals surface area (Å²) in [5.41, 5.74) is 0. The Morgan fingerprint density at radius 2 is 2.47 bits per heavy atom. The van der Waals surface area contributed by atoms with Crippen LogP contribution in [0.15, 0.2) is 4.52 Å². The van der Waals surface area contributed by atoms with Crippen molar-refractivity contribution >= 4 is 0 Å². The summed E-state index contributed by atoms with van der Waals surface area (Å²) in [6.45, 7) is 2.49. The molecule has 5 heteroatoms. The highest BCUT2D eigenvalue weighted by Gasteiger charge is 2.17. The molecular weight excluding hydrogens is 196 g/mol. The Labute approximate surface area is 88.4 Å². The van der Waals surface area contributed by atoms with E-state index in [1.54, 1.807) is 6.92 Å². The van der Waals surface area contributed by atoms with Gasteiger partial charge in [-0.15, -0.1) is 0 Å². The monoisotopic (exact) mass is 212 g/mol. The quantitative estimate of drug-likeness (QED) is 0.813. The molecule has 0 bridgehead atoms. The van der Waals surface area contributed by atoms with E-state index in [1.807, 2.05) is 0 Å². The molecule has 2 unspecified atom stereocenters. The molecule has 2 heterocycles. The number of aliphatic hydroxyl groups excluding tert-OH is 1. The van der Waals surface area contributed by atoms with Crippen LogP contribution >= 0.6 is 0 Å². The van der Waals surface area contributed by atoms with Gasteiger partial charge < -0.3 is 14.4 Å². The standard InChI is InChI=1S/C10H16N2O3/c1-7(13)10-11-9(15-12-10)5-4-8-3-2-6-14-8/h7-8,13H,2-6H2,1H3. The van der Waals surface area contributed by atoms with Crippen molar-refractivity contribution < 1.29 is 14.4 Å². The highest BCUT2D eigenvalue weighted by atomic mass is 16.5. The van der Waals surface area contributed by atoms with E-state index in [9.17, 15) is 5.11 Å². The van der Waals surface area contributed by atoms with Crippen LogP contribution in [-0.2, 0) is 11.2 Å². The number of aliphatic hydroxyl groups is 1. The Morgan fingerprint density at radius 1 is 1.60 bits per heavy atom. The summed E-state index contributed by atoms with van der Waals surface area (Å²) >= 11 is 0. The lowest BCUT2D eigenvalue weighted by Crippen LogP contribution is -2.06. The molecule has 1 aromatic rings. The SMILES string of the molecule is CC(O)c1noc(CCC2CCCO2)n1. The van der Waals surface area contributed by atoms with Crippen LogP contribution in [0.1, 0.15) is 44.0 Å². The molecule has 1 fully saturated rings. The zero-order valence-electron chi connectivity index (χ0n) is 8.85. The minimum absolute atomic E-state index is 0.340. The molecule has 1 aromatic heterocycles. The maximum Gasteiger partial charge on any atom is 0.226 e. The summed E-state index contributed by atoms with van der Waals surface area (Å²) in [7, 11) is 0. The van der Waals surface area contributed by atoms with Crippen LogP contribution in [0.25, 0.3) is 0 Å². The molecule has 1 saturated heterocycles.